The minimum absolute atomic E-state index is 0.0706. The maximum Gasteiger partial charge on any atom is 0.340 e. The van der Waals surface area contributed by atoms with Crippen molar-refractivity contribution in [2.75, 3.05) is 7.05 Å². The third kappa shape index (κ3) is 2.38. The maximum absolute atomic E-state index is 11.6. The van der Waals surface area contributed by atoms with Crippen molar-refractivity contribution in [3.63, 3.8) is 0 Å². The van der Waals surface area contributed by atoms with Crippen LogP contribution >= 0.6 is 0 Å². The molecule has 1 aliphatic carbocycles. The Morgan fingerprint density at radius 2 is 2.12 bits per heavy atom. The number of aromatic carboxylic acids is 1. The first-order valence-corrected chi connectivity index (χ1v) is 5.38. The largest absolute Gasteiger partial charge is 0.489 e. The van der Waals surface area contributed by atoms with Crippen LogP contribution in [0, 0.1) is 0 Å². The first kappa shape index (κ1) is 11.4. The first-order chi connectivity index (χ1) is 8.13. The van der Waals surface area contributed by atoms with E-state index < -0.39 is 11.9 Å². The molecule has 1 aromatic rings. The van der Waals surface area contributed by atoms with Crippen LogP contribution in [0.4, 0.5) is 0 Å². The van der Waals surface area contributed by atoms with Crippen LogP contribution in [0.5, 0.6) is 5.75 Å². The van der Waals surface area contributed by atoms with Gasteiger partial charge in [0.05, 0.1) is 11.7 Å². The molecule has 0 unspecified atom stereocenters. The Hall–Kier alpha value is -2.04. The fraction of sp³-hybridized carbons (Fsp3) is 0.333. The van der Waals surface area contributed by atoms with E-state index in [2.05, 4.69) is 5.32 Å². The molecule has 0 aliphatic heterocycles. The predicted molar refractivity (Wildman–Crippen MR) is 60.4 cm³/mol. The average molecular weight is 235 g/mol. The topological polar surface area (TPSA) is 75.6 Å². The average Bonchev–Trinajstić information content (AvgIpc) is 3.11. The summed E-state index contributed by atoms with van der Waals surface area (Å²) in [5.74, 6) is -1.32. The van der Waals surface area contributed by atoms with Gasteiger partial charge in [-0.1, -0.05) is 6.07 Å². The predicted octanol–water partition coefficient (Wildman–Crippen LogP) is 1.29. The standard InChI is InChI=1S/C12H13NO4/c1-13-11(14)8-3-2-4-9(10(8)12(15)16)17-7-5-6-7/h2-4,7H,5-6H2,1H3,(H,13,14)(H,15,16). The molecule has 0 spiro atoms. The Balaban J connectivity index is 2.43. The van der Waals surface area contributed by atoms with Gasteiger partial charge < -0.3 is 15.2 Å². The zero-order chi connectivity index (χ0) is 12.4. The fourth-order valence-electron chi connectivity index (χ4n) is 1.54. The lowest BCUT2D eigenvalue weighted by Gasteiger charge is -2.11. The van der Waals surface area contributed by atoms with Crippen LogP contribution in [0.25, 0.3) is 0 Å². The highest BCUT2D eigenvalue weighted by Gasteiger charge is 2.27. The smallest absolute Gasteiger partial charge is 0.340 e. The number of amides is 1. The van der Waals surface area contributed by atoms with Gasteiger partial charge in [-0.15, -0.1) is 0 Å². The molecule has 90 valence electrons. The monoisotopic (exact) mass is 235 g/mol. The van der Waals surface area contributed by atoms with Gasteiger partial charge in [0.25, 0.3) is 5.91 Å². The van der Waals surface area contributed by atoms with Crippen molar-refractivity contribution in [2.24, 2.45) is 0 Å². The normalized spacial score (nSPS) is 14.2. The number of benzene rings is 1. The highest BCUT2D eigenvalue weighted by Crippen LogP contribution is 2.30. The third-order valence-corrected chi connectivity index (χ3v) is 2.53. The van der Waals surface area contributed by atoms with Crippen molar-refractivity contribution in [3.8, 4) is 5.75 Å². The van der Waals surface area contributed by atoms with E-state index in [9.17, 15) is 9.59 Å². The second-order valence-corrected chi connectivity index (χ2v) is 3.88. The second kappa shape index (κ2) is 4.45. The van der Waals surface area contributed by atoms with Gasteiger partial charge in [0.2, 0.25) is 0 Å². The number of hydrogen-bond donors (Lipinski definition) is 2. The molecular formula is C12H13NO4. The summed E-state index contributed by atoms with van der Waals surface area (Å²) >= 11 is 0. The lowest BCUT2D eigenvalue weighted by molar-refractivity contribution is 0.0686. The molecule has 0 saturated heterocycles. The zero-order valence-corrected chi connectivity index (χ0v) is 9.40. The summed E-state index contributed by atoms with van der Waals surface area (Å²) in [6.45, 7) is 0. The minimum atomic E-state index is -1.15. The number of ether oxygens (including phenoxy) is 1. The Morgan fingerprint density at radius 1 is 1.41 bits per heavy atom. The summed E-state index contributed by atoms with van der Waals surface area (Å²) in [6, 6.07) is 4.67. The van der Waals surface area contributed by atoms with E-state index >= 15 is 0 Å². The molecule has 1 saturated carbocycles. The van der Waals surface area contributed by atoms with Crippen LogP contribution in [-0.2, 0) is 0 Å². The molecule has 17 heavy (non-hydrogen) atoms. The summed E-state index contributed by atoms with van der Waals surface area (Å²) in [5.41, 5.74) is 0.0527. The molecule has 0 heterocycles. The van der Waals surface area contributed by atoms with Gasteiger partial charge in [0.15, 0.2) is 0 Å². The molecule has 1 aromatic carbocycles. The number of carboxylic acid groups (broad SMARTS) is 1. The maximum atomic E-state index is 11.6. The Bertz CT molecular complexity index is 466. The quantitative estimate of drug-likeness (QED) is 0.824. The Labute approximate surface area is 98.4 Å². The van der Waals surface area contributed by atoms with Gasteiger partial charge in [-0.05, 0) is 25.0 Å². The lowest BCUT2D eigenvalue weighted by Crippen LogP contribution is -2.21. The van der Waals surface area contributed by atoms with Gasteiger partial charge in [-0.25, -0.2) is 4.79 Å². The van der Waals surface area contributed by atoms with E-state index in [4.69, 9.17) is 9.84 Å². The number of carbonyl (C=O) groups excluding carboxylic acids is 1. The molecule has 1 fully saturated rings. The molecule has 1 aliphatic rings. The Kier molecular flexibility index (Phi) is 2.99. The van der Waals surface area contributed by atoms with Gasteiger partial charge in [0, 0.05) is 7.05 Å². The summed E-state index contributed by atoms with van der Waals surface area (Å²) in [5, 5.41) is 11.6. The van der Waals surface area contributed by atoms with Gasteiger partial charge in [0.1, 0.15) is 11.3 Å². The van der Waals surface area contributed by atoms with E-state index in [1.165, 1.54) is 13.1 Å². The van der Waals surface area contributed by atoms with Crippen LogP contribution in [0.1, 0.15) is 33.6 Å². The van der Waals surface area contributed by atoms with Crippen molar-refractivity contribution >= 4 is 11.9 Å². The number of nitrogens with one attached hydrogen (secondary N) is 1. The molecule has 1 amide bonds. The van der Waals surface area contributed by atoms with Crippen LogP contribution in [0.3, 0.4) is 0 Å². The van der Waals surface area contributed by atoms with Gasteiger partial charge >= 0.3 is 5.97 Å². The summed E-state index contributed by atoms with van der Waals surface area (Å²) < 4.78 is 5.49. The summed E-state index contributed by atoms with van der Waals surface area (Å²) in [4.78, 5) is 22.8. The Morgan fingerprint density at radius 3 is 2.65 bits per heavy atom. The van der Waals surface area contributed by atoms with Crippen LogP contribution in [0.15, 0.2) is 18.2 Å². The van der Waals surface area contributed by atoms with Crippen molar-refractivity contribution < 1.29 is 19.4 Å². The first-order valence-electron chi connectivity index (χ1n) is 5.38. The highest BCUT2D eigenvalue weighted by molar-refractivity contribution is 6.06. The molecule has 0 atom stereocenters. The minimum Gasteiger partial charge on any atom is -0.489 e. The molecular weight excluding hydrogens is 222 g/mol. The highest BCUT2D eigenvalue weighted by atomic mass is 16.5. The second-order valence-electron chi connectivity index (χ2n) is 3.88. The van der Waals surface area contributed by atoms with Crippen LogP contribution in [-0.4, -0.2) is 30.1 Å². The molecule has 0 aromatic heterocycles. The molecule has 2 N–H and O–H groups in total. The number of carbonyl (C=O) groups is 2. The van der Waals surface area contributed by atoms with E-state index in [-0.39, 0.29) is 23.0 Å². The SMILES string of the molecule is CNC(=O)c1cccc(OC2CC2)c1C(=O)O. The van der Waals surface area contributed by atoms with Gasteiger partial charge in [-0.2, -0.15) is 0 Å². The molecule has 0 bridgehead atoms. The molecule has 2 rings (SSSR count). The van der Waals surface area contributed by atoms with E-state index in [0.29, 0.717) is 0 Å². The van der Waals surface area contributed by atoms with Crippen molar-refractivity contribution in [2.45, 2.75) is 18.9 Å². The number of rotatable bonds is 4. The van der Waals surface area contributed by atoms with Crippen LogP contribution in [0.2, 0.25) is 0 Å². The summed E-state index contributed by atoms with van der Waals surface area (Å²) in [6.07, 6.45) is 1.96. The molecule has 0 radical (unpaired) electrons. The van der Waals surface area contributed by atoms with Crippen molar-refractivity contribution in [3.05, 3.63) is 29.3 Å². The van der Waals surface area contributed by atoms with E-state index in [1.807, 2.05) is 0 Å². The molecule has 5 heteroatoms. The van der Waals surface area contributed by atoms with Crippen molar-refractivity contribution in [1.82, 2.24) is 5.32 Å². The fourth-order valence-corrected chi connectivity index (χ4v) is 1.54. The van der Waals surface area contributed by atoms with Crippen molar-refractivity contribution in [1.29, 1.82) is 0 Å². The molecule has 5 nitrogen and oxygen atoms in total. The zero-order valence-electron chi connectivity index (χ0n) is 9.40. The van der Waals surface area contributed by atoms with Gasteiger partial charge in [-0.3, -0.25) is 4.79 Å². The lowest BCUT2D eigenvalue weighted by atomic mass is 10.1. The number of carboxylic acids is 1. The van der Waals surface area contributed by atoms with Crippen LogP contribution < -0.4 is 10.1 Å². The third-order valence-electron chi connectivity index (χ3n) is 2.53. The summed E-state index contributed by atoms with van der Waals surface area (Å²) in [7, 11) is 1.46. The van der Waals surface area contributed by atoms with E-state index in [0.717, 1.165) is 12.8 Å². The number of hydrogen-bond acceptors (Lipinski definition) is 3. The van der Waals surface area contributed by atoms with E-state index in [1.54, 1.807) is 12.1 Å².